The van der Waals surface area contributed by atoms with E-state index in [9.17, 15) is 9.90 Å². The van der Waals surface area contributed by atoms with Crippen molar-refractivity contribution in [1.29, 1.82) is 0 Å². The molecule has 2 aromatic rings. The van der Waals surface area contributed by atoms with Crippen LogP contribution in [0, 0.1) is 0 Å². The number of carbonyl (C=O) groups is 1. The van der Waals surface area contributed by atoms with Gasteiger partial charge in [-0.15, -0.1) is 0 Å². The van der Waals surface area contributed by atoms with E-state index in [4.69, 9.17) is 4.74 Å². The first kappa shape index (κ1) is 18.1. The van der Waals surface area contributed by atoms with Gasteiger partial charge in [0.25, 0.3) is 0 Å². The van der Waals surface area contributed by atoms with Gasteiger partial charge in [0.05, 0.1) is 5.56 Å². The minimum absolute atomic E-state index is 0.132. The number of phenols is 1. The molecule has 0 unspecified atom stereocenters. The maximum absolute atomic E-state index is 12.1. The van der Waals surface area contributed by atoms with Gasteiger partial charge in [-0.1, -0.05) is 37.3 Å². The molecule has 4 rings (SSSR count). The number of cyclic esters (lactones) is 1. The molecule has 0 amide bonds. The topological polar surface area (TPSA) is 49.8 Å². The zero-order valence-electron chi connectivity index (χ0n) is 15.9. The first-order valence-corrected chi connectivity index (χ1v) is 10.0. The molecular formula is C23H27NO3. The number of nitrogens with zero attached hydrogens (tertiary/aromatic N) is 1. The van der Waals surface area contributed by atoms with Crippen molar-refractivity contribution in [2.75, 3.05) is 13.1 Å². The van der Waals surface area contributed by atoms with Crippen molar-refractivity contribution >= 4 is 5.97 Å². The highest BCUT2D eigenvalue weighted by atomic mass is 16.5. The molecule has 0 radical (unpaired) electrons. The van der Waals surface area contributed by atoms with E-state index in [1.165, 1.54) is 5.56 Å². The summed E-state index contributed by atoms with van der Waals surface area (Å²) in [4.78, 5) is 14.6. The molecule has 4 nitrogen and oxygen atoms in total. The minimum atomic E-state index is -0.195. The van der Waals surface area contributed by atoms with Crippen LogP contribution in [0.3, 0.4) is 0 Å². The zero-order valence-corrected chi connectivity index (χ0v) is 15.9. The highest BCUT2D eigenvalue weighted by Crippen LogP contribution is 2.34. The Kier molecular flexibility index (Phi) is 5.17. The van der Waals surface area contributed by atoms with Crippen molar-refractivity contribution in [3.63, 3.8) is 0 Å². The van der Waals surface area contributed by atoms with Crippen LogP contribution in [0.15, 0.2) is 42.5 Å². The zero-order chi connectivity index (χ0) is 18.8. The highest BCUT2D eigenvalue weighted by molar-refractivity contribution is 5.93. The molecule has 1 N–H and O–H groups in total. The minimum Gasteiger partial charge on any atom is -0.508 e. The average molecular weight is 365 g/mol. The Morgan fingerprint density at radius 1 is 1.15 bits per heavy atom. The molecule has 1 aliphatic heterocycles. The summed E-state index contributed by atoms with van der Waals surface area (Å²) in [6.45, 7) is 4.17. The second-order valence-corrected chi connectivity index (χ2v) is 7.62. The molecule has 0 saturated heterocycles. The largest absolute Gasteiger partial charge is 0.508 e. The number of carbonyl (C=O) groups excluding carboxylic acids is 1. The molecule has 1 heterocycles. The summed E-state index contributed by atoms with van der Waals surface area (Å²) in [5.41, 5.74) is 4.12. The summed E-state index contributed by atoms with van der Waals surface area (Å²) >= 11 is 0. The first-order chi connectivity index (χ1) is 13.2. The highest BCUT2D eigenvalue weighted by Gasteiger charge is 2.32. The van der Waals surface area contributed by atoms with Gasteiger partial charge < -0.3 is 9.84 Å². The lowest BCUT2D eigenvalue weighted by molar-refractivity contribution is 0.0328. The summed E-state index contributed by atoms with van der Waals surface area (Å²) in [5, 5.41) is 10.1. The standard InChI is InChI=1S/C23H27NO3/c1-2-13-24(17-10-11-18-16(15-17)6-5-9-21(18)25)14-12-22-19-7-3-4-8-20(19)23(26)27-22/h3-9,17,22,25H,2,10-15H2,1H3/t17-,22-/m0/s1. The van der Waals surface area contributed by atoms with Gasteiger partial charge in [0.1, 0.15) is 11.9 Å². The fourth-order valence-electron chi connectivity index (χ4n) is 4.56. The molecule has 2 atom stereocenters. The van der Waals surface area contributed by atoms with Crippen molar-refractivity contribution in [2.24, 2.45) is 0 Å². The molecular weight excluding hydrogens is 338 g/mol. The van der Waals surface area contributed by atoms with Crippen molar-refractivity contribution in [2.45, 2.75) is 51.2 Å². The second-order valence-electron chi connectivity index (χ2n) is 7.62. The van der Waals surface area contributed by atoms with Crippen molar-refractivity contribution < 1.29 is 14.6 Å². The second kappa shape index (κ2) is 7.73. The molecule has 4 heteroatoms. The fraction of sp³-hybridized carbons (Fsp3) is 0.435. The van der Waals surface area contributed by atoms with E-state index in [-0.39, 0.29) is 12.1 Å². The molecule has 1 aliphatic carbocycles. The Morgan fingerprint density at radius 2 is 2.00 bits per heavy atom. The summed E-state index contributed by atoms with van der Waals surface area (Å²) < 4.78 is 5.62. The maximum Gasteiger partial charge on any atom is 0.339 e. The van der Waals surface area contributed by atoms with E-state index in [0.29, 0.717) is 17.4 Å². The summed E-state index contributed by atoms with van der Waals surface area (Å²) in [6, 6.07) is 14.1. The fourth-order valence-corrected chi connectivity index (χ4v) is 4.56. The molecule has 2 aromatic carbocycles. The number of hydrogen-bond donors (Lipinski definition) is 1. The Labute approximate surface area is 160 Å². The third kappa shape index (κ3) is 3.59. The Hall–Kier alpha value is -2.33. The maximum atomic E-state index is 12.1. The summed E-state index contributed by atoms with van der Waals surface area (Å²) in [5.74, 6) is 0.238. The molecule has 0 saturated carbocycles. The first-order valence-electron chi connectivity index (χ1n) is 10.0. The van der Waals surface area contributed by atoms with Gasteiger partial charge in [0, 0.05) is 24.6 Å². The van der Waals surface area contributed by atoms with Gasteiger partial charge in [0.15, 0.2) is 0 Å². The van der Waals surface area contributed by atoms with E-state index in [1.54, 1.807) is 6.07 Å². The lowest BCUT2D eigenvalue weighted by Gasteiger charge is -2.35. The number of phenolic OH excluding ortho intramolecular Hbond substituents is 1. The van der Waals surface area contributed by atoms with Gasteiger partial charge in [-0.3, -0.25) is 4.90 Å². The van der Waals surface area contributed by atoms with Gasteiger partial charge >= 0.3 is 5.97 Å². The van der Waals surface area contributed by atoms with Gasteiger partial charge in [-0.25, -0.2) is 4.79 Å². The smallest absolute Gasteiger partial charge is 0.339 e. The van der Waals surface area contributed by atoms with Crippen LogP contribution in [0.5, 0.6) is 5.75 Å². The van der Waals surface area contributed by atoms with Gasteiger partial charge in [-0.2, -0.15) is 0 Å². The quantitative estimate of drug-likeness (QED) is 0.777. The van der Waals surface area contributed by atoms with Crippen LogP contribution in [0.1, 0.15) is 59.3 Å². The molecule has 0 aromatic heterocycles. The number of ether oxygens (including phenoxy) is 1. The number of esters is 1. The van der Waals surface area contributed by atoms with E-state index in [1.807, 2.05) is 30.3 Å². The van der Waals surface area contributed by atoms with E-state index in [2.05, 4.69) is 17.9 Å². The third-order valence-electron chi connectivity index (χ3n) is 5.91. The lowest BCUT2D eigenvalue weighted by atomic mass is 9.86. The van der Waals surface area contributed by atoms with Crippen molar-refractivity contribution in [1.82, 2.24) is 4.90 Å². The Bertz CT molecular complexity index is 832. The van der Waals surface area contributed by atoms with Crippen molar-refractivity contribution in [3.8, 4) is 5.75 Å². The van der Waals surface area contributed by atoms with Crippen LogP contribution < -0.4 is 0 Å². The molecule has 27 heavy (non-hydrogen) atoms. The summed E-state index contributed by atoms with van der Waals surface area (Å²) in [6.07, 6.45) is 4.76. The van der Waals surface area contributed by atoms with Crippen LogP contribution in [-0.2, 0) is 17.6 Å². The normalized spacial score (nSPS) is 21.0. The molecule has 0 spiro atoms. The number of benzene rings is 2. The number of fused-ring (bicyclic) bond motifs is 2. The average Bonchev–Trinajstić information content (AvgIpc) is 3.01. The van der Waals surface area contributed by atoms with E-state index in [0.717, 1.165) is 56.3 Å². The van der Waals surface area contributed by atoms with Crippen LogP contribution in [-0.4, -0.2) is 35.1 Å². The van der Waals surface area contributed by atoms with Gasteiger partial charge in [0.2, 0.25) is 0 Å². The monoisotopic (exact) mass is 365 g/mol. The van der Waals surface area contributed by atoms with E-state index >= 15 is 0 Å². The predicted octanol–water partition coefficient (Wildman–Crippen LogP) is 4.26. The van der Waals surface area contributed by atoms with E-state index < -0.39 is 0 Å². The van der Waals surface area contributed by atoms with Gasteiger partial charge in [-0.05, 0) is 55.5 Å². The SMILES string of the molecule is CCCN(CC[C@@H]1OC(=O)c2ccccc21)[C@H]1CCc2c(O)cccc2C1. The Morgan fingerprint density at radius 3 is 2.85 bits per heavy atom. The van der Waals surface area contributed by atoms with Crippen molar-refractivity contribution in [3.05, 3.63) is 64.7 Å². The van der Waals surface area contributed by atoms with Crippen LogP contribution in [0.2, 0.25) is 0 Å². The predicted molar refractivity (Wildman–Crippen MR) is 105 cm³/mol. The summed E-state index contributed by atoms with van der Waals surface area (Å²) in [7, 11) is 0. The van der Waals surface area contributed by atoms with Crippen LogP contribution in [0.4, 0.5) is 0 Å². The number of hydrogen-bond acceptors (Lipinski definition) is 4. The lowest BCUT2D eigenvalue weighted by Crippen LogP contribution is -2.40. The number of aromatic hydroxyl groups is 1. The number of rotatable bonds is 6. The van der Waals surface area contributed by atoms with Crippen LogP contribution >= 0.6 is 0 Å². The van der Waals surface area contributed by atoms with Crippen LogP contribution in [0.25, 0.3) is 0 Å². The third-order valence-corrected chi connectivity index (χ3v) is 5.91. The molecule has 0 fully saturated rings. The molecule has 0 bridgehead atoms. The molecule has 2 aliphatic rings. The Balaban J connectivity index is 1.44. The molecule has 142 valence electrons.